The predicted molar refractivity (Wildman–Crippen MR) is 64.3 cm³/mol. The van der Waals surface area contributed by atoms with Crippen molar-refractivity contribution in [3.63, 3.8) is 0 Å². The highest BCUT2D eigenvalue weighted by Gasteiger charge is 2.06. The zero-order chi connectivity index (χ0) is 11.3. The Kier molecular flexibility index (Phi) is 4.43. The van der Waals surface area contributed by atoms with Gasteiger partial charge in [-0.05, 0) is 30.2 Å². The third-order valence-electron chi connectivity index (χ3n) is 2.49. The maximum Gasteiger partial charge on any atom is 0.119 e. The van der Waals surface area contributed by atoms with Gasteiger partial charge in [0.1, 0.15) is 5.75 Å². The van der Waals surface area contributed by atoms with Crippen molar-refractivity contribution in [1.29, 1.82) is 0 Å². The Hall–Kier alpha value is -1.22. The van der Waals surface area contributed by atoms with Gasteiger partial charge < -0.3 is 15.8 Å². The molecule has 0 fully saturated rings. The third-order valence-corrected chi connectivity index (χ3v) is 2.49. The molecule has 1 atom stereocenters. The molecule has 15 heavy (non-hydrogen) atoms. The average molecular weight is 208 g/mol. The van der Waals surface area contributed by atoms with Crippen LogP contribution >= 0.6 is 0 Å². The maximum atomic E-state index is 5.93. The quantitative estimate of drug-likeness (QED) is 0.779. The normalized spacial score (nSPS) is 12.6. The third kappa shape index (κ3) is 3.80. The van der Waals surface area contributed by atoms with Crippen LogP contribution in [0.25, 0.3) is 0 Å². The predicted octanol–water partition coefficient (Wildman–Crippen LogP) is 2.09. The van der Waals surface area contributed by atoms with E-state index < -0.39 is 0 Å². The zero-order valence-electron chi connectivity index (χ0n) is 9.66. The largest absolute Gasteiger partial charge is 0.497 e. The van der Waals surface area contributed by atoms with Gasteiger partial charge in [0.25, 0.3) is 0 Å². The van der Waals surface area contributed by atoms with Gasteiger partial charge in [-0.2, -0.15) is 0 Å². The van der Waals surface area contributed by atoms with Crippen LogP contribution in [0.4, 0.5) is 5.69 Å². The van der Waals surface area contributed by atoms with E-state index in [1.165, 1.54) is 0 Å². The van der Waals surface area contributed by atoms with E-state index in [2.05, 4.69) is 19.2 Å². The second kappa shape index (κ2) is 5.61. The van der Waals surface area contributed by atoms with Gasteiger partial charge in [0.2, 0.25) is 0 Å². The van der Waals surface area contributed by atoms with E-state index in [9.17, 15) is 0 Å². The second-order valence-corrected chi connectivity index (χ2v) is 4.02. The van der Waals surface area contributed by atoms with E-state index in [1.807, 2.05) is 24.3 Å². The Bertz CT molecular complexity index is 282. The van der Waals surface area contributed by atoms with Crippen molar-refractivity contribution in [1.82, 2.24) is 0 Å². The standard InChI is InChI=1S/C12H20N2O/c1-9(2)12(13)8-14-10-4-6-11(15-3)7-5-10/h4-7,9,12,14H,8,13H2,1-3H3/t12-/m1/s1. The summed E-state index contributed by atoms with van der Waals surface area (Å²) in [6.45, 7) is 5.05. The lowest BCUT2D eigenvalue weighted by Gasteiger charge is -2.17. The second-order valence-electron chi connectivity index (χ2n) is 4.02. The van der Waals surface area contributed by atoms with E-state index >= 15 is 0 Å². The van der Waals surface area contributed by atoms with E-state index in [4.69, 9.17) is 10.5 Å². The van der Waals surface area contributed by atoms with Crippen molar-refractivity contribution in [2.75, 3.05) is 19.0 Å². The number of ether oxygens (including phenoxy) is 1. The first-order chi connectivity index (χ1) is 7.13. The SMILES string of the molecule is COc1ccc(NC[C@@H](N)C(C)C)cc1. The van der Waals surface area contributed by atoms with Crippen molar-refractivity contribution < 1.29 is 4.74 Å². The monoisotopic (exact) mass is 208 g/mol. The lowest BCUT2D eigenvalue weighted by atomic mass is 10.1. The van der Waals surface area contributed by atoms with Crippen LogP contribution in [0.1, 0.15) is 13.8 Å². The Labute approximate surface area is 91.6 Å². The summed E-state index contributed by atoms with van der Waals surface area (Å²) in [5.41, 5.74) is 7.01. The fourth-order valence-electron chi connectivity index (χ4n) is 1.18. The molecule has 0 amide bonds. The molecule has 1 rings (SSSR count). The van der Waals surface area contributed by atoms with Crippen molar-refractivity contribution in [2.45, 2.75) is 19.9 Å². The summed E-state index contributed by atoms with van der Waals surface area (Å²) < 4.78 is 5.08. The molecule has 0 saturated carbocycles. The molecule has 0 aliphatic heterocycles. The van der Waals surface area contributed by atoms with Crippen LogP contribution in [0, 0.1) is 5.92 Å². The minimum Gasteiger partial charge on any atom is -0.497 e. The summed E-state index contributed by atoms with van der Waals surface area (Å²) in [6, 6.07) is 8.04. The number of anilines is 1. The van der Waals surface area contributed by atoms with Crippen molar-refractivity contribution in [3.8, 4) is 5.75 Å². The zero-order valence-corrected chi connectivity index (χ0v) is 9.66. The average Bonchev–Trinajstić information content (AvgIpc) is 2.26. The highest BCUT2D eigenvalue weighted by Crippen LogP contribution is 2.15. The number of rotatable bonds is 5. The molecule has 3 N–H and O–H groups in total. The molecule has 0 saturated heterocycles. The molecule has 3 heteroatoms. The first-order valence-corrected chi connectivity index (χ1v) is 5.27. The van der Waals surface area contributed by atoms with E-state index in [0.29, 0.717) is 5.92 Å². The number of nitrogens with one attached hydrogen (secondary N) is 1. The molecule has 0 heterocycles. The highest BCUT2D eigenvalue weighted by molar-refractivity contribution is 5.46. The van der Waals surface area contributed by atoms with Crippen molar-refractivity contribution in [2.24, 2.45) is 11.7 Å². The molecule has 0 aliphatic carbocycles. The summed E-state index contributed by atoms with van der Waals surface area (Å²) >= 11 is 0. The Balaban J connectivity index is 2.44. The molecule has 0 unspecified atom stereocenters. The molecule has 1 aromatic rings. The minimum atomic E-state index is 0.187. The van der Waals surface area contributed by atoms with Gasteiger partial charge in [0.15, 0.2) is 0 Å². The number of hydrogen-bond acceptors (Lipinski definition) is 3. The Morgan fingerprint density at radius 2 is 1.87 bits per heavy atom. The van der Waals surface area contributed by atoms with E-state index in [1.54, 1.807) is 7.11 Å². The van der Waals surface area contributed by atoms with Gasteiger partial charge in [0, 0.05) is 18.3 Å². The van der Waals surface area contributed by atoms with Crippen LogP contribution in [0.15, 0.2) is 24.3 Å². The Morgan fingerprint density at radius 3 is 2.33 bits per heavy atom. The van der Waals surface area contributed by atoms with E-state index in [0.717, 1.165) is 18.0 Å². The molecule has 84 valence electrons. The molecule has 3 nitrogen and oxygen atoms in total. The lowest BCUT2D eigenvalue weighted by Crippen LogP contribution is -2.33. The van der Waals surface area contributed by atoms with Gasteiger partial charge in [-0.15, -0.1) is 0 Å². The first-order valence-electron chi connectivity index (χ1n) is 5.27. The van der Waals surface area contributed by atoms with Crippen LogP contribution < -0.4 is 15.8 Å². The molecule has 0 radical (unpaired) electrons. The van der Waals surface area contributed by atoms with E-state index in [-0.39, 0.29) is 6.04 Å². The number of hydrogen-bond donors (Lipinski definition) is 2. The van der Waals surface area contributed by atoms with Gasteiger partial charge in [-0.25, -0.2) is 0 Å². The number of nitrogens with two attached hydrogens (primary N) is 1. The van der Waals surface area contributed by atoms with Gasteiger partial charge in [-0.3, -0.25) is 0 Å². The van der Waals surface area contributed by atoms with Crippen molar-refractivity contribution >= 4 is 5.69 Å². The lowest BCUT2D eigenvalue weighted by molar-refractivity contribution is 0.415. The van der Waals surface area contributed by atoms with Crippen LogP contribution in [0.2, 0.25) is 0 Å². The number of benzene rings is 1. The summed E-state index contributed by atoms with van der Waals surface area (Å²) in [5, 5.41) is 3.30. The van der Waals surface area contributed by atoms with Crippen molar-refractivity contribution in [3.05, 3.63) is 24.3 Å². The van der Waals surface area contributed by atoms with Gasteiger partial charge in [-0.1, -0.05) is 13.8 Å². The van der Waals surface area contributed by atoms with Crippen LogP contribution in [-0.2, 0) is 0 Å². The summed E-state index contributed by atoms with van der Waals surface area (Å²) in [4.78, 5) is 0. The van der Waals surface area contributed by atoms with Crippen LogP contribution in [0.3, 0.4) is 0 Å². The highest BCUT2D eigenvalue weighted by atomic mass is 16.5. The Morgan fingerprint density at radius 1 is 1.27 bits per heavy atom. The molecular formula is C12H20N2O. The number of methoxy groups -OCH3 is 1. The molecule has 1 aromatic carbocycles. The topological polar surface area (TPSA) is 47.3 Å². The molecule has 0 aromatic heterocycles. The van der Waals surface area contributed by atoms with Crippen LogP contribution in [-0.4, -0.2) is 19.7 Å². The molecule has 0 aliphatic rings. The van der Waals surface area contributed by atoms with Crippen LogP contribution in [0.5, 0.6) is 5.75 Å². The van der Waals surface area contributed by atoms with Gasteiger partial charge in [0.05, 0.1) is 7.11 Å². The molecule has 0 bridgehead atoms. The first kappa shape index (κ1) is 11.9. The minimum absolute atomic E-state index is 0.187. The fourth-order valence-corrected chi connectivity index (χ4v) is 1.18. The summed E-state index contributed by atoms with van der Waals surface area (Å²) in [6.07, 6.45) is 0. The summed E-state index contributed by atoms with van der Waals surface area (Å²) in [5.74, 6) is 1.37. The smallest absolute Gasteiger partial charge is 0.119 e. The van der Waals surface area contributed by atoms with Gasteiger partial charge >= 0.3 is 0 Å². The fraction of sp³-hybridized carbons (Fsp3) is 0.500. The molecule has 0 spiro atoms. The maximum absolute atomic E-state index is 5.93. The summed E-state index contributed by atoms with van der Waals surface area (Å²) in [7, 11) is 1.66. The molecular weight excluding hydrogens is 188 g/mol.